The van der Waals surface area contributed by atoms with E-state index in [1.165, 1.54) is 17.7 Å². The van der Waals surface area contributed by atoms with Gasteiger partial charge in [0, 0.05) is 22.9 Å². The van der Waals surface area contributed by atoms with E-state index in [0.29, 0.717) is 0 Å². The van der Waals surface area contributed by atoms with E-state index in [2.05, 4.69) is 33.2 Å². The van der Waals surface area contributed by atoms with Crippen LogP contribution in [0.15, 0.2) is 47.2 Å². The normalized spacial score (nSPS) is 12.3. The SMILES string of the molecule is CCCNC(Cc1ccncc1)c1ccc(F)cc1Br. The number of nitrogens with zero attached hydrogens (tertiary/aromatic N) is 1. The Kier molecular flexibility index (Phi) is 5.68. The molecule has 2 nitrogen and oxygen atoms in total. The molecule has 0 amide bonds. The van der Waals surface area contributed by atoms with E-state index in [-0.39, 0.29) is 11.9 Å². The van der Waals surface area contributed by atoms with Gasteiger partial charge in [-0.1, -0.05) is 28.9 Å². The molecule has 1 heterocycles. The summed E-state index contributed by atoms with van der Waals surface area (Å²) in [5.74, 6) is -0.223. The second kappa shape index (κ2) is 7.50. The van der Waals surface area contributed by atoms with Crippen LogP contribution in [0.1, 0.15) is 30.5 Å². The van der Waals surface area contributed by atoms with Gasteiger partial charge in [-0.05, 0) is 54.8 Å². The Morgan fingerprint density at radius 3 is 2.65 bits per heavy atom. The van der Waals surface area contributed by atoms with Crippen LogP contribution in [-0.2, 0) is 6.42 Å². The Hall–Kier alpha value is -1.26. The first-order chi connectivity index (χ1) is 9.70. The van der Waals surface area contributed by atoms with Crippen LogP contribution in [-0.4, -0.2) is 11.5 Å². The van der Waals surface area contributed by atoms with Crippen molar-refractivity contribution in [2.45, 2.75) is 25.8 Å². The zero-order chi connectivity index (χ0) is 14.4. The first-order valence-electron chi connectivity index (χ1n) is 6.78. The van der Waals surface area contributed by atoms with Crippen LogP contribution in [0.4, 0.5) is 4.39 Å². The molecule has 0 bridgehead atoms. The third-order valence-corrected chi connectivity index (χ3v) is 3.85. The second-order valence-electron chi connectivity index (χ2n) is 4.73. The summed E-state index contributed by atoms with van der Waals surface area (Å²) in [6, 6.07) is 9.05. The van der Waals surface area contributed by atoms with Crippen molar-refractivity contribution in [3.05, 3.63) is 64.1 Å². The minimum absolute atomic E-state index is 0.160. The smallest absolute Gasteiger partial charge is 0.124 e. The Bertz CT molecular complexity index is 545. The molecule has 1 aromatic heterocycles. The van der Waals surface area contributed by atoms with Crippen LogP contribution in [0.3, 0.4) is 0 Å². The number of hydrogen-bond donors (Lipinski definition) is 1. The Morgan fingerprint density at radius 1 is 1.25 bits per heavy atom. The maximum Gasteiger partial charge on any atom is 0.124 e. The van der Waals surface area contributed by atoms with Crippen molar-refractivity contribution in [3.8, 4) is 0 Å². The molecule has 2 aromatic rings. The summed E-state index contributed by atoms with van der Waals surface area (Å²) in [4.78, 5) is 4.04. The molecule has 0 spiro atoms. The molecule has 0 aliphatic carbocycles. The zero-order valence-electron chi connectivity index (χ0n) is 11.4. The maximum absolute atomic E-state index is 13.2. The first kappa shape index (κ1) is 15.1. The van der Waals surface area contributed by atoms with Crippen molar-refractivity contribution < 1.29 is 4.39 Å². The molecule has 0 saturated carbocycles. The molecule has 1 atom stereocenters. The predicted octanol–water partition coefficient (Wildman–Crippen LogP) is 4.27. The highest BCUT2D eigenvalue weighted by molar-refractivity contribution is 9.10. The van der Waals surface area contributed by atoms with Gasteiger partial charge in [0.15, 0.2) is 0 Å². The molecule has 1 aromatic carbocycles. The predicted molar refractivity (Wildman–Crippen MR) is 83.1 cm³/mol. The fourth-order valence-corrected chi connectivity index (χ4v) is 2.78. The van der Waals surface area contributed by atoms with Gasteiger partial charge in [-0.2, -0.15) is 0 Å². The minimum Gasteiger partial charge on any atom is -0.310 e. The molecule has 4 heteroatoms. The molecule has 20 heavy (non-hydrogen) atoms. The summed E-state index contributed by atoms with van der Waals surface area (Å²) < 4.78 is 14.0. The lowest BCUT2D eigenvalue weighted by Crippen LogP contribution is -2.24. The Balaban J connectivity index is 2.22. The quantitative estimate of drug-likeness (QED) is 0.852. The van der Waals surface area contributed by atoms with E-state index in [0.717, 1.165) is 29.4 Å². The van der Waals surface area contributed by atoms with Crippen LogP contribution in [0.25, 0.3) is 0 Å². The van der Waals surface area contributed by atoms with Crippen molar-refractivity contribution in [2.24, 2.45) is 0 Å². The molecule has 2 rings (SSSR count). The van der Waals surface area contributed by atoms with Crippen molar-refractivity contribution in [3.63, 3.8) is 0 Å². The number of pyridine rings is 1. The molecule has 1 N–H and O–H groups in total. The summed E-state index contributed by atoms with van der Waals surface area (Å²) in [6.07, 6.45) is 5.51. The summed E-state index contributed by atoms with van der Waals surface area (Å²) in [7, 11) is 0. The molecule has 1 unspecified atom stereocenters. The largest absolute Gasteiger partial charge is 0.310 e. The first-order valence-corrected chi connectivity index (χ1v) is 7.57. The van der Waals surface area contributed by atoms with Crippen LogP contribution >= 0.6 is 15.9 Å². The molecule has 0 aliphatic rings. The highest BCUT2D eigenvalue weighted by Gasteiger charge is 2.15. The van der Waals surface area contributed by atoms with Crippen LogP contribution in [0.5, 0.6) is 0 Å². The fraction of sp³-hybridized carbons (Fsp3) is 0.312. The van der Waals surface area contributed by atoms with E-state index in [9.17, 15) is 4.39 Å². The summed E-state index contributed by atoms with van der Waals surface area (Å²) in [5.41, 5.74) is 2.29. The molecular weight excluding hydrogens is 319 g/mol. The molecule has 0 saturated heterocycles. The summed E-state index contributed by atoms with van der Waals surface area (Å²) >= 11 is 3.46. The van der Waals surface area contributed by atoms with E-state index >= 15 is 0 Å². The minimum atomic E-state index is -0.223. The van der Waals surface area contributed by atoms with Gasteiger partial charge in [0.05, 0.1) is 0 Å². The summed E-state index contributed by atoms with van der Waals surface area (Å²) in [6.45, 7) is 3.07. The summed E-state index contributed by atoms with van der Waals surface area (Å²) in [5, 5.41) is 3.52. The number of rotatable bonds is 6. The number of benzene rings is 1. The third kappa shape index (κ3) is 4.12. The van der Waals surface area contributed by atoms with Crippen LogP contribution in [0, 0.1) is 5.82 Å². The molecule has 106 valence electrons. The van der Waals surface area contributed by atoms with Gasteiger partial charge in [-0.15, -0.1) is 0 Å². The van der Waals surface area contributed by atoms with Crippen molar-refractivity contribution >= 4 is 15.9 Å². The second-order valence-corrected chi connectivity index (χ2v) is 5.59. The zero-order valence-corrected chi connectivity index (χ0v) is 13.0. The van der Waals surface area contributed by atoms with E-state index in [1.807, 2.05) is 18.2 Å². The maximum atomic E-state index is 13.2. The lowest BCUT2D eigenvalue weighted by atomic mass is 9.99. The molecule has 0 aliphatic heterocycles. The highest BCUT2D eigenvalue weighted by atomic mass is 79.9. The van der Waals surface area contributed by atoms with Crippen molar-refractivity contribution in [2.75, 3.05) is 6.54 Å². The van der Waals surface area contributed by atoms with E-state index < -0.39 is 0 Å². The van der Waals surface area contributed by atoms with Gasteiger partial charge in [0.25, 0.3) is 0 Å². The van der Waals surface area contributed by atoms with Gasteiger partial charge < -0.3 is 5.32 Å². The lowest BCUT2D eigenvalue weighted by Gasteiger charge is -2.20. The van der Waals surface area contributed by atoms with Gasteiger partial charge in [-0.3, -0.25) is 4.98 Å². The Labute approximate surface area is 127 Å². The van der Waals surface area contributed by atoms with Crippen LogP contribution < -0.4 is 5.32 Å². The molecule has 0 radical (unpaired) electrons. The fourth-order valence-electron chi connectivity index (χ4n) is 2.15. The highest BCUT2D eigenvalue weighted by Crippen LogP contribution is 2.27. The van der Waals surface area contributed by atoms with Gasteiger partial charge in [0.1, 0.15) is 5.82 Å². The number of aromatic nitrogens is 1. The molecular formula is C16H18BrFN2. The van der Waals surface area contributed by atoms with Gasteiger partial charge in [-0.25, -0.2) is 4.39 Å². The standard InChI is InChI=1S/C16H18BrFN2/c1-2-7-20-16(10-12-5-8-19-9-6-12)14-4-3-13(18)11-15(14)17/h3-6,8-9,11,16,20H,2,7,10H2,1H3. The number of hydrogen-bond acceptors (Lipinski definition) is 2. The monoisotopic (exact) mass is 336 g/mol. The van der Waals surface area contributed by atoms with Crippen molar-refractivity contribution in [1.29, 1.82) is 0 Å². The van der Waals surface area contributed by atoms with Crippen LogP contribution in [0.2, 0.25) is 0 Å². The topological polar surface area (TPSA) is 24.9 Å². The average Bonchev–Trinajstić information content (AvgIpc) is 2.45. The van der Waals surface area contributed by atoms with Gasteiger partial charge >= 0.3 is 0 Å². The van der Waals surface area contributed by atoms with Crippen molar-refractivity contribution in [1.82, 2.24) is 10.3 Å². The van der Waals surface area contributed by atoms with E-state index in [1.54, 1.807) is 12.4 Å². The Morgan fingerprint density at radius 2 is 2.00 bits per heavy atom. The lowest BCUT2D eigenvalue weighted by molar-refractivity contribution is 0.525. The number of nitrogens with one attached hydrogen (secondary N) is 1. The van der Waals surface area contributed by atoms with Gasteiger partial charge in [0.2, 0.25) is 0 Å². The average molecular weight is 337 g/mol. The van der Waals surface area contributed by atoms with E-state index in [4.69, 9.17) is 0 Å². The molecule has 0 fully saturated rings. The third-order valence-electron chi connectivity index (χ3n) is 3.17. The number of halogens is 2.